The molecule has 0 bridgehead atoms. The van der Waals surface area contributed by atoms with Gasteiger partial charge in [0.2, 0.25) is 0 Å². The number of hydrogen-bond donors (Lipinski definition) is 1. The standard InChI is InChI=1S/C17H24O2/c1-12(2)14-6-8-15(9-7-14)17(19)11-13-4-3-5-16(18)10-13/h3-5,10,12,14-15,18H,6-9,11H2,1-2H3. The molecule has 0 spiro atoms. The summed E-state index contributed by atoms with van der Waals surface area (Å²) in [4.78, 5) is 12.3. The summed E-state index contributed by atoms with van der Waals surface area (Å²) in [7, 11) is 0. The first-order valence-electron chi connectivity index (χ1n) is 7.37. The smallest absolute Gasteiger partial charge is 0.140 e. The normalized spacial score (nSPS) is 23.5. The van der Waals surface area contributed by atoms with E-state index in [0.29, 0.717) is 12.2 Å². The summed E-state index contributed by atoms with van der Waals surface area (Å²) in [6, 6.07) is 7.05. The molecule has 19 heavy (non-hydrogen) atoms. The Bertz CT molecular complexity index is 429. The van der Waals surface area contributed by atoms with Crippen LogP contribution in [-0.2, 0) is 11.2 Å². The summed E-state index contributed by atoms with van der Waals surface area (Å²) in [5.74, 6) is 2.35. The maximum atomic E-state index is 12.3. The number of ketones is 1. The van der Waals surface area contributed by atoms with Crippen LogP contribution in [0.1, 0.15) is 45.1 Å². The lowest BCUT2D eigenvalue weighted by Crippen LogP contribution is -2.25. The minimum absolute atomic E-state index is 0.234. The highest BCUT2D eigenvalue weighted by Gasteiger charge is 2.27. The fraction of sp³-hybridized carbons (Fsp3) is 0.588. The van der Waals surface area contributed by atoms with E-state index in [1.165, 1.54) is 12.8 Å². The maximum absolute atomic E-state index is 12.3. The van der Waals surface area contributed by atoms with Crippen molar-refractivity contribution in [3.63, 3.8) is 0 Å². The number of carbonyl (C=O) groups excluding carboxylic acids is 1. The van der Waals surface area contributed by atoms with Crippen LogP contribution < -0.4 is 0 Å². The van der Waals surface area contributed by atoms with Gasteiger partial charge in [-0.2, -0.15) is 0 Å². The van der Waals surface area contributed by atoms with Crippen molar-refractivity contribution >= 4 is 5.78 Å². The van der Waals surface area contributed by atoms with Crippen molar-refractivity contribution in [1.29, 1.82) is 0 Å². The molecule has 0 amide bonds. The Hall–Kier alpha value is -1.31. The Kier molecular flexibility index (Phi) is 4.62. The molecule has 104 valence electrons. The molecule has 1 fully saturated rings. The Morgan fingerprint density at radius 1 is 1.26 bits per heavy atom. The van der Waals surface area contributed by atoms with Gasteiger partial charge in [-0.1, -0.05) is 26.0 Å². The second-order valence-corrected chi connectivity index (χ2v) is 6.17. The van der Waals surface area contributed by atoms with Crippen LogP contribution in [-0.4, -0.2) is 10.9 Å². The predicted molar refractivity (Wildman–Crippen MR) is 77.1 cm³/mol. The maximum Gasteiger partial charge on any atom is 0.140 e. The number of phenolic OH excluding ortho intramolecular Hbond substituents is 1. The van der Waals surface area contributed by atoms with Crippen molar-refractivity contribution < 1.29 is 9.90 Å². The average molecular weight is 260 g/mol. The molecule has 1 aliphatic carbocycles. The first kappa shape index (κ1) is 14.1. The number of carbonyl (C=O) groups is 1. The second kappa shape index (κ2) is 6.23. The quantitative estimate of drug-likeness (QED) is 0.889. The van der Waals surface area contributed by atoms with Crippen molar-refractivity contribution in [3.05, 3.63) is 29.8 Å². The van der Waals surface area contributed by atoms with Gasteiger partial charge in [-0.25, -0.2) is 0 Å². The summed E-state index contributed by atoms with van der Waals surface area (Å²) in [5.41, 5.74) is 0.927. The van der Waals surface area contributed by atoms with E-state index in [-0.39, 0.29) is 11.7 Å². The molecule has 0 aromatic heterocycles. The van der Waals surface area contributed by atoms with Crippen molar-refractivity contribution in [2.75, 3.05) is 0 Å². The van der Waals surface area contributed by atoms with Gasteiger partial charge in [0.25, 0.3) is 0 Å². The first-order valence-corrected chi connectivity index (χ1v) is 7.37. The minimum atomic E-state index is 0.234. The fourth-order valence-electron chi connectivity index (χ4n) is 3.12. The summed E-state index contributed by atoms with van der Waals surface area (Å²) in [5, 5.41) is 9.42. The van der Waals surface area contributed by atoms with Gasteiger partial charge < -0.3 is 5.11 Å². The first-order chi connectivity index (χ1) is 9.06. The topological polar surface area (TPSA) is 37.3 Å². The molecule has 0 atom stereocenters. The van der Waals surface area contributed by atoms with Gasteiger partial charge in [0.1, 0.15) is 11.5 Å². The number of aromatic hydroxyl groups is 1. The van der Waals surface area contributed by atoms with Crippen LogP contribution in [0.2, 0.25) is 0 Å². The predicted octanol–water partition coefficient (Wildman–Crippen LogP) is 3.97. The van der Waals surface area contributed by atoms with Crippen molar-refractivity contribution in [3.8, 4) is 5.75 Å². The minimum Gasteiger partial charge on any atom is -0.508 e. The monoisotopic (exact) mass is 260 g/mol. The Morgan fingerprint density at radius 3 is 2.53 bits per heavy atom. The third kappa shape index (κ3) is 3.82. The van der Waals surface area contributed by atoms with Crippen LogP contribution in [0.4, 0.5) is 0 Å². The van der Waals surface area contributed by atoms with E-state index in [0.717, 1.165) is 30.2 Å². The highest BCUT2D eigenvalue weighted by atomic mass is 16.3. The van der Waals surface area contributed by atoms with Crippen molar-refractivity contribution in [1.82, 2.24) is 0 Å². The summed E-state index contributed by atoms with van der Waals surface area (Å²) in [6.45, 7) is 4.55. The van der Waals surface area contributed by atoms with E-state index in [1.807, 2.05) is 6.07 Å². The Morgan fingerprint density at radius 2 is 1.95 bits per heavy atom. The van der Waals surface area contributed by atoms with Gasteiger partial charge >= 0.3 is 0 Å². The largest absolute Gasteiger partial charge is 0.508 e. The molecule has 1 aromatic carbocycles. The molecule has 1 saturated carbocycles. The van der Waals surface area contributed by atoms with Crippen molar-refractivity contribution in [2.45, 2.75) is 46.0 Å². The van der Waals surface area contributed by atoms with Gasteiger partial charge in [-0.05, 0) is 55.2 Å². The van der Waals surface area contributed by atoms with Gasteiger partial charge in [0, 0.05) is 12.3 Å². The van der Waals surface area contributed by atoms with E-state index in [4.69, 9.17) is 0 Å². The molecule has 0 unspecified atom stereocenters. The van der Waals surface area contributed by atoms with Crippen LogP contribution >= 0.6 is 0 Å². The summed E-state index contributed by atoms with van der Waals surface area (Å²) in [6.07, 6.45) is 4.93. The zero-order chi connectivity index (χ0) is 13.8. The highest BCUT2D eigenvalue weighted by molar-refractivity contribution is 5.83. The molecular formula is C17H24O2. The van der Waals surface area contributed by atoms with Crippen LogP contribution in [0.3, 0.4) is 0 Å². The molecule has 2 nitrogen and oxygen atoms in total. The van der Waals surface area contributed by atoms with Crippen LogP contribution in [0.15, 0.2) is 24.3 Å². The number of phenols is 1. The van der Waals surface area contributed by atoms with Gasteiger partial charge in [-0.3, -0.25) is 4.79 Å². The molecule has 1 aromatic rings. The summed E-state index contributed by atoms with van der Waals surface area (Å²) < 4.78 is 0. The Labute approximate surface area is 115 Å². The van der Waals surface area contributed by atoms with E-state index in [1.54, 1.807) is 18.2 Å². The molecule has 1 aliphatic rings. The van der Waals surface area contributed by atoms with Crippen LogP contribution in [0, 0.1) is 17.8 Å². The lowest BCUT2D eigenvalue weighted by molar-refractivity contribution is -0.123. The molecule has 0 saturated heterocycles. The average Bonchev–Trinajstić information content (AvgIpc) is 2.39. The molecule has 0 aliphatic heterocycles. The molecule has 0 heterocycles. The third-order valence-electron chi connectivity index (χ3n) is 4.46. The molecule has 2 rings (SSSR count). The van der Waals surface area contributed by atoms with Gasteiger partial charge in [0.05, 0.1) is 0 Å². The van der Waals surface area contributed by atoms with Crippen LogP contribution in [0.25, 0.3) is 0 Å². The van der Waals surface area contributed by atoms with E-state index in [2.05, 4.69) is 13.8 Å². The number of rotatable bonds is 4. The molecular weight excluding hydrogens is 236 g/mol. The molecule has 1 N–H and O–H groups in total. The zero-order valence-electron chi connectivity index (χ0n) is 11.9. The summed E-state index contributed by atoms with van der Waals surface area (Å²) >= 11 is 0. The SMILES string of the molecule is CC(C)C1CCC(C(=O)Cc2cccc(O)c2)CC1. The van der Waals surface area contributed by atoms with E-state index >= 15 is 0 Å². The lowest BCUT2D eigenvalue weighted by atomic mass is 9.75. The van der Waals surface area contributed by atoms with Crippen molar-refractivity contribution in [2.24, 2.45) is 17.8 Å². The molecule has 0 radical (unpaired) electrons. The fourth-order valence-corrected chi connectivity index (χ4v) is 3.12. The lowest BCUT2D eigenvalue weighted by Gasteiger charge is -2.30. The van der Waals surface area contributed by atoms with E-state index < -0.39 is 0 Å². The number of benzene rings is 1. The Balaban J connectivity index is 1.88. The molecule has 2 heteroatoms. The van der Waals surface area contributed by atoms with Gasteiger partial charge in [-0.15, -0.1) is 0 Å². The third-order valence-corrected chi connectivity index (χ3v) is 4.46. The number of hydrogen-bond acceptors (Lipinski definition) is 2. The van der Waals surface area contributed by atoms with Gasteiger partial charge in [0.15, 0.2) is 0 Å². The van der Waals surface area contributed by atoms with Crippen LogP contribution in [0.5, 0.6) is 5.75 Å². The van der Waals surface area contributed by atoms with E-state index in [9.17, 15) is 9.90 Å². The zero-order valence-corrected chi connectivity index (χ0v) is 11.9. The number of Topliss-reactive ketones (excluding diaryl/α,β-unsaturated/α-hetero) is 1. The highest BCUT2D eigenvalue weighted by Crippen LogP contribution is 2.34. The second-order valence-electron chi connectivity index (χ2n) is 6.17.